The van der Waals surface area contributed by atoms with Crippen molar-refractivity contribution >= 4 is 22.3 Å². The van der Waals surface area contributed by atoms with Crippen LogP contribution in [0.1, 0.15) is 31.7 Å². The molecular weight excluding hydrogens is 322 g/mol. The lowest BCUT2D eigenvalue weighted by Gasteiger charge is -2.41. The molecule has 1 fully saturated rings. The number of hydrogen-bond acceptors (Lipinski definition) is 3. The van der Waals surface area contributed by atoms with E-state index in [9.17, 15) is 4.79 Å². The first-order valence-corrected chi connectivity index (χ1v) is 9.59. The first kappa shape index (κ1) is 15.8. The molecule has 0 amide bonds. The lowest BCUT2D eigenvalue weighted by Crippen LogP contribution is -2.50. The van der Waals surface area contributed by atoms with Gasteiger partial charge in [-0.25, -0.2) is 4.79 Å². The Morgan fingerprint density at radius 2 is 1.88 bits per heavy atom. The highest BCUT2D eigenvalue weighted by Gasteiger charge is 2.42. The Balaban J connectivity index is 1.64. The van der Waals surface area contributed by atoms with E-state index in [0.717, 1.165) is 18.5 Å². The van der Waals surface area contributed by atoms with Crippen LogP contribution in [0.2, 0.25) is 0 Å². The van der Waals surface area contributed by atoms with Crippen molar-refractivity contribution in [2.24, 2.45) is 0 Å². The first-order valence-electron chi connectivity index (χ1n) is 9.59. The molecule has 2 aromatic rings. The van der Waals surface area contributed by atoms with Crippen molar-refractivity contribution in [2.75, 3.05) is 6.54 Å². The minimum Gasteiger partial charge on any atom is -0.453 e. The van der Waals surface area contributed by atoms with Gasteiger partial charge in [-0.05, 0) is 60.4 Å². The van der Waals surface area contributed by atoms with Crippen LogP contribution < -0.4 is 0 Å². The maximum Gasteiger partial charge on any atom is 0.331 e. The van der Waals surface area contributed by atoms with Crippen LogP contribution in [0.15, 0.2) is 60.2 Å². The van der Waals surface area contributed by atoms with Gasteiger partial charge in [0.25, 0.3) is 0 Å². The zero-order chi connectivity index (χ0) is 17.7. The predicted octanol–water partition coefficient (Wildman–Crippen LogP) is 4.33. The molecule has 3 atom stereocenters. The number of hydrogen-bond donors (Lipinski definition) is 0. The molecule has 3 heteroatoms. The van der Waals surface area contributed by atoms with Crippen LogP contribution in [-0.2, 0) is 9.53 Å². The van der Waals surface area contributed by atoms with Gasteiger partial charge in [-0.3, -0.25) is 4.90 Å². The number of piperidine rings is 1. The highest BCUT2D eigenvalue weighted by Crippen LogP contribution is 2.39. The summed E-state index contributed by atoms with van der Waals surface area (Å²) in [5.74, 6) is -0.195. The summed E-state index contributed by atoms with van der Waals surface area (Å²) in [7, 11) is 0. The number of nitrogens with zero attached hydrogens (tertiary/aromatic N) is 1. The largest absolute Gasteiger partial charge is 0.453 e. The Morgan fingerprint density at radius 3 is 2.77 bits per heavy atom. The molecule has 2 unspecified atom stereocenters. The molecule has 0 spiro atoms. The molecule has 0 bridgehead atoms. The van der Waals surface area contributed by atoms with Crippen molar-refractivity contribution in [2.45, 2.75) is 44.4 Å². The van der Waals surface area contributed by atoms with Crippen LogP contribution in [0.4, 0.5) is 0 Å². The van der Waals surface area contributed by atoms with Crippen LogP contribution in [0.5, 0.6) is 0 Å². The average Bonchev–Trinajstić information content (AvgIpc) is 3.00. The second-order valence-corrected chi connectivity index (χ2v) is 7.64. The van der Waals surface area contributed by atoms with E-state index >= 15 is 0 Å². The smallest absolute Gasteiger partial charge is 0.331 e. The van der Waals surface area contributed by atoms with Gasteiger partial charge in [-0.15, -0.1) is 0 Å². The number of esters is 1. The van der Waals surface area contributed by atoms with Crippen molar-refractivity contribution < 1.29 is 9.53 Å². The Hall–Kier alpha value is -2.39. The number of carbonyl (C=O) groups is 1. The van der Waals surface area contributed by atoms with Crippen LogP contribution in [0.25, 0.3) is 16.3 Å². The summed E-state index contributed by atoms with van der Waals surface area (Å²) >= 11 is 0. The topological polar surface area (TPSA) is 29.5 Å². The molecule has 0 N–H and O–H groups in total. The lowest BCUT2D eigenvalue weighted by atomic mass is 9.93. The standard InChI is InChI=1S/C23H23NO2/c1-15-20(18-10-9-16-6-2-3-7-17(16)12-18)13-19-14-22(25)26-23(19)21-8-4-5-11-24(15)21/h2-3,6-7,9-10,12-15,21,23H,4-5,8,11H2,1H3/t15-,21?,23?/m0/s1. The van der Waals surface area contributed by atoms with Gasteiger partial charge in [0.05, 0.1) is 6.04 Å². The third-order valence-electron chi connectivity index (χ3n) is 6.15. The van der Waals surface area contributed by atoms with Gasteiger partial charge in [0.2, 0.25) is 0 Å². The quantitative estimate of drug-likeness (QED) is 0.721. The van der Waals surface area contributed by atoms with Gasteiger partial charge >= 0.3 is 5.97 Å². The zero-order valence-electron chi connectivity index (χ0n) is 15.0. The molecule has 3 aliphatic rings. The van der Waals surface area contributed by atoms with E-state index in [1.807, 2.05) is 0 Å². The van der Waals surface area contributed by atoms with Gasteiger partial charge in [-0.2, -0.15) is 0 Å². The minimum absolute atomic E-state index is 0.108. The predicted molar refractivity (Wildman–Crippen MR) is 104 cm³/mol. The minimum atomic E-state index is -0.195. The highest BCUT2D eigenvalue weighted by molar-refractivity contribution is 5.90. The van der Waals surface area contributed by atoms with Gasteiger partial charge < -0.3 is 4.74 Å². The molecular formula is C23H23NO2. The Labute approximate surface area is 153 Å². The number of benzene rings is 2. The van der Waals surface area contributed by atoms with E-state index in [4.69, 9.17) is 4.74 Å². The number of rotatable bonds is 1. The Kier molecular flexibility index (Phi) is 3.71. The van der Waals surface area contributed by atoms with Crippen molar-refractivity contribution in [3.05, 3.63) is 65.8 Å². The second kappa shape index (κ2) is 6.10. The molecule has 3 aliphatic heterocycles. The summed E-state index contributed by atoms with van der Waals surface area (Å²) in [5, 5.41) is 2.51. The second-order valence-electron chi connectivity index (χ2n) is 7.64. The van der Waals surface area contributed by atoms with Crippen LogP contribution >= 0.6 is 0 Å². The van der Waals surface area contributed by atoms with E-state index in [-0.39, 0.29) is 12.1 Å². The number of ether oxygens (including phenoxy) is 1. The fourth-order valence-electron chi connectivity index (χ4n) is 4.83. The fourth-order valence-corrected chi connectivity index (χ4v) is 4.83. The third-order valence-corrected chi connectivity index (χ3v) is 6.15. The molecule has 0 aliphatic carbocycles. The van der Waals surface area contributed by atoms with Gasteiger partial charge in [-0.1, -0.05) is 42.8 Å². The van der Waals surface area contributed by atoms with Crippen molar-refractivity contribution in [3.8, 4) is 0 Å². The van der Waals surface area contributed by atoms with Crippen LogP contribution in [0, 0.1) is 0 Å². The molecule has 132 valence electrons. The Bertz CT molecular complexity index is 942. The fraction of sp³-hybridized carbons (Fsp3) is 0.348. The molecule has 3 nitrogen and oxygen atoms in total. The molecule has 1 saturated heterocycles. The van der Waals surface area contributed by atoms with Gasteiger partial charge in [0, 0.05) is 17.7 Å². The van der Waals surface area contributed by atoms with E-state index in [1.165, 1.54) is 34.8 Å². The molecule has 2 aromatic carbocycles. The molecule has 0 saturated carbocycles. The molecule has 26 heavy (non-hydrogen) atoms. The van der Waals surface area contributed by atoms with Gasteiger partial charge in [0.1, 0.15) is 6.10 Å². The van der Waals surface area contributed by atoms with E-state index < -0.39 is 0 Å². The average molecular weight is 345 g/mol. The van der Waals surface area contributed by atoms with E-state index in [0.29, 0.717) is 12.1 Å². The summed E-state index contributed by atoms with van der Waals surface area (Å²) in [4.78, 5) is 14.5. The van der Waals surface area contributed by atoms with E-state index in [2.05, 4.69) is 60.4 Å². The molecule has 3 heterocycles. The molecule has 5 rings (SSSR count). The summed E-state index contributed by atoms with van der Waals surface area (Å²) in [6.45, 7) is 3.36. The number of fused-ring (bicyclic) bond motifs is 4. The van der Waals surface area contributed by atoms with Gasteiger partial charge in [0.15, 0.2) is 0 Å². The highest BCUT2D eigenvalue weighted by atomic mass is 16.5. The Morgan fingerprint density at radius 1 is 1.04 bits per heavy atom. The van der Waals surface area contributed by atoms with Crippen molar-refractivity contribution in [1.29, 1.82) is 0 Å². The normalized spacial score (nSPS) is 28.7. The maximum absolute atomic E-state index is 11.9. The summed E-state index contributed by atoms with van der Waals surface area (Å²) < 4.78 is 5.70. The summed E-state index contributed by atoms with van der Waals surface area (Å²) in [6, 6.07) is 15.7. The SMILES string of the molecule is C[C@H]1C(c2ccc3ccccc3c2)=CC2=CC(=O)OC2C2CCCCN21. The van der Waals surface area contributed by atoms with Crippen LogP contribution in [0.3, 0.4) is 0 Å². The lowest BCUT2D eigenvalue weighted by molar-refractivity contribution is -0.142. The summed E-state index contributed by atoms with van der Waals surface area (Å²) in [6.07, 6.45) is 7.31. The molecule has 0 radical (unpaired) electrons. The summed E-state index contributed by atoms with van der Waals surface area (Å²) in [5.41, 5.74) is 3.57. The zero-order valence-corrected chi connectivity index (χ0v) is 15.0. The number of carbonyl (C=O) groups excluding carboxylic acids is 1. The van der Waals surface area contributed by atoms with Crippen LogP contribution in [-0.4, -0.2) is 35.6 Å². The third kappa shape index (κ3) is 2.50. The van der Waals surface area contributed by atoms with Crippen molar-refractivity contribution in [3.63, 3.8) is 0 Å². The monoisotopic (exact) mass is 345 g/mol. The van der Waals surface area contributed by atoms with Crippen molar-refractivity contribution in [1.82, 2.24) is 4.90 Å². The molecule has 0 aromatic heterocycles. The first-order chi connectivity index (χ1) is 12.7. The van der Waals surface area contributed by atoms with E-state index in [1.54, 1.807) is 6.08 Å². The maximum atomic E-state index is 11.9.